The molecule has 1 saturated heterocycles. The molecule has 1 atom stereocenters. The number of hydrogen-bond donors (Lipinski definition) is 1. The lowest BCUT2D eigenvalue weighted by molar-refractivity contribution is 0.166. The Bertz CT molecular complexity index is 439. The zero-order valence-corrected chi connectivity index (χ0v) is 13.1. The Balaban J connectivity index is 1.65. The molecule has 1 unspecified atom stereocenters. The van der Waals surface area contributed by atoms with Crippen molar-refractivity contribution in [1.82, 2.24) is 10.2 Å². The first kappa shape index (κ1) is 15.1. The molecule has 110 valence electrons. The molecule has 0 aliphatic carbocycles. The Labute approximate surface area is 127 Å². The third kappa shape index (κ3) is 4.68. The van der Waals surface area contributed by atoms with Gasteiger partial charge in [-0.05, 0) is 30.7 Å². The molecule has 1 N–H and O–H groups in total. The fourth-order valence-electron chi connectivity index (χ4n) is 2.20. The molecule has 1 fully saturated rings. The van der Waals surface area contributed by atoms with Crippen LogP contribution in [0, 0.1) is 0 Å². The molecule has 5 nitrogen and oxygen atoms in total. The lowest BCUT2D eigenvalue weighted by Crippen LogP contribution is -2.37. The summed E-state index contributed by atoms with van der Waals surface area (Å²) in [7, 11) is 1.38. The molecule has 1 heterocycles. The van der Waals surface area contributed by atoms with Gasteiger partial charge < -0.3 is 14.8 Å². The number of carbonyl (C=O) groups is 1. The smallest absolute Gasteiger partial charge is 0.407 e. The average molecular weight is 343 g/mol. The van der Waals surface area contributed by atoms with Crippen LogP contribution in [0.5, 0.6) is 5.75 Å². The van der Waals surface area contributed by atoms with Crippen LogP contribution in [-0.4, -0.2) is 50.4 Å². The first-order chi connectivity index (χ1) is 9.67. The molecule has 1 aliphatic rings. The van der Waals surface area contributed by atoms with Crippen molar-refractivity contribution < 1.29 is 14.3 Å². The molecule has 20 heavy (non-hydrogen) atoms. The summed E-state index contributed by atoms with van der Waals surface area (Å²) in [6.45, 7) is 3.32. The van der Waals surface area contributed by atoms with Crippen LogP contribution in [-0.2, 0) is 4.74 Å². The quantitative estimate of drug-likeness (QED) is 0.891. The molecule has 0 bridgehead atoms. The Morgan fingerprint density at radius 2 is 2.20 bits per heavy atom. The number of nitrogens with one attached hydrogen (secondary N) is 1. The first-order valence-corrected chi connectivity index (χ1v) is 7.42. The van der Waals surface area contributed by atoms with E-state index in [0.717, 1.165) is 36.3 Å². The standard InChI is InChI=1S/C14H19BrN2O3/c1-19-14(18)16-12-6-7-17(10-12)8-9-20-13-4-2-11(15)3-5-13/h2-5,12H,6-10H2,1H3,(H,16,18). The van der Waals surface area contributed by atoms with E-state index in [9.17, 15) is 4.79 Å². The number of nitrogens with zero attached hydrogens (tertiary/aromatic N) is 1. The predicted octanol–water partition coefficient (Wildman–Crippen LogP) is 2.26. The number of halogens is 1. The van der Waals surface area contributed by atoms with E-state index in [2.05, 4.69) is 30.9 Å². The van der Waals surface area contributed by atoms with Gasteiger partial charge in [-0.1, -0.05) is 15.9 Å². The van der Waals surface area contributed by atoms with Gasteiger partial charge in [0.05, 0.1) is 7.11 Å². The largest absolute Gasteiger partial charge is 0.492 e. The average Bonchev–Trinajstić information content (AvgIpc) is 2.88. The third-order valence-corrected chi connectivity index (χ3v) is 3.80. The summed E-state index contributed by atoms with van der Waals surface area (Å²) >= 11 is 3.39. The molecule has 0 aromatic heterocycles. The number of benzene rings is 1. The summed E-state index contributed by atoms with van der Waals surface area (Å²) in [6.07, 6.45) is 0.593. The Morgan fingerprint density at radius 1 is 1.45 bits per heavy atom. The maximum Gasteiger partial charge on any atom is 0.407 e. The van der Waals surface area contributed by atoms with Crippen LogP contribution in [0.3, 0.4) is 0 Å². The highest BCUT2D eigenvalue weighted by atomic mass is 79.9. The molecule has 0 saturated carbocycles. The van der Waals surface area contributed by atoms with Gasteiger partial charge in [0.15, 0.2) is 0 Å². The molecular weight excluding hydrogens is 324 g/mol. The van der Waals surface area contributed by atoms with Crippen LogP contribution in [0.1, 0.15) is 6.42 Å². The van der Waals surface area contributed by atoms with Crippen molar-refractivity contribution in [2.24, 2.45) is 0 Å². The normalized spacial score (nSPS) is 18.8. The van der Waals surface area contributed by atoms with E-state index in [-0.39, 0.29) is 12.1 Å². The number of rotatable bonds is 5. The monoisotopic (exact) mass is 342 g/mol. The van der Waals surface area contributed by atoms with Gasteiger partial charge in [0.1, 0.15) is 12.4 Å². The SMILES string of the molecule is COC(=O)NC1CCN(CCOc2ccc(Br)cc2)C1. The second-order valence-corrected chi connectivity index (χ2v) is 5.64. The van der Waals surface area contributed by atoms with Gasteiger partial charge in [-0.3, -0.25) is 4.90 Å². The summed E-state index contributed by atoms with van der Waals surface area (Å²) in [5, 5.41) is 2.82. The van der Waals surface area contributed by atoms with Crippen molar-refractivity contribution in [1.29, 1.82) is 0 Å². The summed E-state index contributed by atoms with van der Waals surface area (Å²) in [4.78, 5) is 13.4. The van der Waals surface area contributed by atoms with Crippen LogP contribution in [0.2, 0.25) is 0 Å². The van der Waals surface area contributed by atoms with E-state index in [0.29, 0.717) is 6.61 Å². The Kier molecular flexibility index (Phi) is 5.67. The van der Waals surface area contributed by atoms with Gasteiger partial charge in [-0.15, -0.1) is 0 Å². The summed E-state index contributed by atoms with van der Waals surface area (Å²) < 4.78 is 11.3. The van der Waals surface area contributed by atoms with Crippen molar-refractivity contribution >= 4 is 22.0 Å². The van der Waals surface area contributed by atoms with Gasteiger partial charge >= 0.3 is 6.09 Å². The van der Waals surface area contributed by atoms with E-state index in [1.54, 1.807) is 0 Å². The fraction of sp³-hybridized carbons (Fsp3) is 0.500. The van der Waals surface area contributed by atoms with Crippen LogP contribution >= 0.6 is 15.9 Å². The van der Waals surface area contributed by atoms with Gasteiger partial charge in [-0.25, -0.2) is 4.79 Å². The van der Waals surface area contributed by atoms with Crippen LogP contribution in [0.15, 0.2) is 28.7 Å². The number of likely N-dealkylation sites (tertiary alicyclic amines) is 1. The van der Waals surface area contributed by atoms with E-state index < -0.39 is 0 Å². The molecular formula is C14H19BrN2O3. The zero-order valence-electron chi connectivity index (χ0n) is 11.5. The van der Waals surface area contributed by atoms with Crippen molar-refractivity contribution in [2.45, 2.75) is 12.5 Å². The third-order valence-electron chi connectivity index (χ3n) is 3.27. The molecule has 2 rings (SSSR count). The lowest BCUT2D eigenvalue weighted by atomic mass is 10.3. The first-order valence-electron chi connectivity index (χ1n) is 6.62. The number of hydrogen-bond acceptors (Lipinski definition) is 4. The van der Waals surface area contributed by atoms with Crippen molar-refractivity contribution in [3.05, 3.63) is 28.7 Å². The van der Waals surface area contributed by atoms with Crippen molar-refractivity contribution in [3.63, 3.8) is 0 Å². The van der Waals surface area contributed by atoms with E-state index >= 15 is 0 Å². The molecule has 0 spiro atoms. The van der Waals surface area contributed by atoms with Crippen molar-refractivity contribution in [2.75, 3.05) is 33.4 Å². The number of alkyl carbamates (subject to hydrolysis) is 1. The van der Waals surface area contributed by atoms with Gasteiger partial charge in [0, 0.05) is 30.1 Å². The topological polar surface area (TPSA) is 50.8 Å². The van der Waals surface area contributed by atoms with Crippen LogP contribution in [0.25, 0.3) is 0 Å². The minimum Gasteiger partial charge on any atom is -0.492 e. The van der Waals surface area contributed by atoms with E-state index in [1.165, 1.54) is 7.11 Å². The molecule has 0 radical (unpaired) electrons. The molecule has 6 heteroatoms. The van der Waals surface area contributed by atoms with Gasteiger partial charge in [0.2, 0.25) is 0 Å². The fourth-order valence-corrected chi connectivity index (χ4v) is 2.47. The number of ether oxygens (including phenoxy) is 2. The molecule has 1 aliphatic heterocycles. The molecule has 1 aromatic carbocycles. The number of methoxy groups -OCH3 is 1. The Morgan fingerprint density at radius 3 is 2.90 bits per heavy atom. The highest BCUT2D eigenvalue weighted by molar-refractivity contribution is 9.10. The molecule has 1 aromatic rings. The Hall–Kier alpha value is -1.27. The highest BCUT2D eigenvalue weighted by Gasteiger charge is 2.23. The highest BCUT2D eigenvalue weighted by Crippen LogP contribution is 2.16. The van der Waals surface area contributed by atoms with E-state index in [1.807, 2.05) is 24.3 Å². The minimum absolute atomic E-state index is 0.176. The number of amides is 1. The van der Waals surface area contributed by atoms with Crippen LogP contribution < -0.4 is 10.1 Å². The van der Waals surface area contributed by atoms with Gasteiger partial charge in [0.25, 0.3) is 0 Å². The zero-order chi connectivity index (χ0) is 14.4. The van der Waals surface area contributed by atoms with Gasteiger partial charge in [-0.2, -0.15) is 0 Å². The van der Waals surface area contributed by atoms with E-state index in [4.69, 9.17) is 4.74 Å². The number of carbonyl (C=O) groups excluding carboxylic acids is 1. The van der Waals surface area contributed by atoms with Crippen LogP contribution in [0.4, 0.5) is 4.79 Å². The predicted molar refractivity (Wildman–Crippen MR) is 80.0 cm³/mol. The maximum absolute atomic E-state index is 11.1. The lowest BCUT2D eigenvalue weighted by Gasteiger charge is -2.16. The summed E-state index contributed by atoms with van der Waals surface area (Å²) in [5.74, 6) is 0.872. The minimum atomic E-state index is -0.358. The molecule has 1 amide bonds. The van der Waals surface area contributed by atoms with Crippen molar-refractivity contribution in [3.8, 4) is 5.75 Å². The maximum atomic E-state index is 11.1. The second-order valence-electron chi connectivity index (χ2n) is 4.72. The summed E-state index contributed by atoms with van der Waals surface area (Å²) in [5.41, 5.74) is 0. The summed E-state index contributed by atoms with van der Waals surface area (Å²) in [6, 6.07) is 7.98. The second kappa shape index (κ2) is 7.50.